The molecule has 2 unspecified atom stereocenters. The van der Waals surface area contributed by atoms with Gasteiger partial charge < -0.3 is 28.5 Å². The first-order valence-electron chi connectivity index (χ1n) is 38.3. The highest BCUT2D eigenvalue weighted by Gasteiger charge is 2.25. The number of esters is 2. The maximum absolute atomic E-state index is 13.0. The van der Waals surface area contributed by atoms with Crippen LogP contribution in [0.5, 0.6) is 0 Å². The lowest BCUT2D eigenvalue weighted by molar-refractivity contribution is -0.870. The van der Waals surface area contributed by atoms with Gasteiger partial charge in [0.25, 0.3) is 6.29 Å². The van der Waals surface area contributed by atoms with Gasteiger partial charge in [0.1, 0.15) is 13.2 Å². The summed E-state index contributed by atoms with van der Waals surface area (Å²) in [5, 5.41) is 9.76. The Morgan fingerprint density at radius 2 is 0.648 bits per heavy atom. The molecule has 9 nitrogen and oxygen atoms in total. The molecule has 0 spiro atoms. The van der Waals surface area contributed by atoms with Crippen LogP contribution in [0, 0.1) is 0 Å². The number of allylic oxidation sites excluding steroid dienone is 8. The Hall–Kier alpha value is -2.75. The monoisotopic (exact) mass is 1240 g/mol. The zero-order valence-corrected chi connectivity index (χ0v) is 59.2. The van der Waals surface area contributed by atoms with Crippen LogP contribution in [0.3, 0.4) is 0 Å². The number of hydrogen-bond donors (Lipinski definition) is 1. The van der Waals surface area contributed by atoms with Gasteiger partial charge in [-0.15, -0.1) is 0 Å². The molecular weight excluding hydrogens is 1090 g/mol. The van der Waals surface area contributed by atoms with Crippen molar-refractivity contribution < 1.29 is 42.9 Å². The Bertz CT molecular complexity index is 1580. The van der Waals surface area contributed by atoms with E-state index < -0.39 is 18.4 Å². The van der Waals surface area contributed by atoms with E-state index in [2.05, 4.69) is 62.5 Å². The van der Waals surface area contributed by atoms with E-state index in [1.54, 1.807) is 0 Å². The van der Waals surface area contributed by atoms with Gasteiger partial charge in [-0.25, -0.2) is 4.79 Å². The minimum absolute atomic E-state index is 0.174. The fourth-order valence-electron chi connectivity index (χ4n) is 11.5. The van der Waals surface area contributed by atoms with Crippen LogP contribution in [-0.4, -0.2) is 87.4 Å². The Morgan fingerprint density at radius 3 is 0.966 bits per heavy atom. The third kappa shape index (κ3) is 70.7. The molecule has 516 valence electrons. The fourth-order valence-corrected chi connectivity index (χ4v) is 11.5. The van der Waals surface area contributed by atoms with Gasteiger partial charge in [0, 0.05) is 12.8 Å². The number of likely N-dealkylation sites (N-methyl/N-ethyl adjacent to an activating group) is 1. The van der Waals surface area contributed by atoms with Crippen LogP contribution in [0.2, 0.25) is 0 Å². The van der Waals surface area contributed by atoms with Gasteiger partial charge in [-0.1, -0.05) is 364 Å². The number of quaternary nitrogens is 1. The lowest BCUT2D eigenvalue weighted by Crippen LogP contribution is -2.40. The predicted octanol–water partition coefficient (Wildman–Crippen LogP) is 24.1. The lowest BCUT2D eigenvalue weighted by atomic mass is 10.0. The largest absolute Gasteiger partial charge is 0.477 e. The summed E-state index contributed by atoms with van der Waals surface area (Å²) in [7, 11) is 6.00. The molecule has 0 aromatic rings. The van der Waals surface area contributed by atoms with Crippen molar-refractivity contribution >= 4 is 17.9 Å². The molecule has 0 fully saturated rings. The van der Waals surface area contributed by atoms with Gasteiger partial charge in [0.15, 0.2) is 6.10 Å². The summed E-state index contributed by atoms with van der Waals surface area (Å²) in [6, 6.07) is 0. The van der Waals surface area contributed by atoms with Gasteiger partial charge in [-0.3, -0.25) is 9.59 Å². The van der Waals surface area contributed by atoms with Crippen LogP contribution in [0.1, 0.15) is 380 Å². The lowest BCUT2D eigenvalue weighted by Gasteiger charge is -2.25. The third-order valence-corrected chi connectivity index (χ3v) is 17.3. The van der Waals surface area contributed by atoms with Gasteiger partial charge in [-0.05, 0) is 51.4 Å². The smallest absolute Gasteiger partial charge is 0.361 e. The predicted molar refractivity (Wildman–Crippen MR) is 378 cm³/mol. The molecule has 0 heterocycles. The second kappa shape index (κ2) is 70.1. The van der Waals surface area contributed by atoms with Crippen LogP contribution in [0.4, 0.5) is 0 Å². The van der Waals surface area contributed by atoms with Gasteiger partial charge in [-0.2, -0.15) is 0 Å². The molecule has 88 heavy (non-hydrogen) atoms. The molecule has 9 heteroatoms. The number of rotatable bonds is 72. The van der Waals surface area contributed by atoms with E-state index in [0.717, 1.165) is 64.2 Å². The Labute approximate surface area is 546 Å². The number of carboxylic acids is 1. The summed E-state index contributed by atoms with van der Waals surface area (Å²) < 4.78 is 23.0. The number of hydrogen-bond acceptors (Lipinski definition) is 7. The van der Waals surface area contributed by atoms with Crippen LogP contribution >= 0.6 is 0 Å². The molecular formula is C79H148NO8+. The van der Waals surface area contributed by atoms with Crippen molar-refractivity contribution in [1.29, 1.82) is 0 Å². The quantitative estimate of drug-likeness (QED) is 0.0211. The summed E-state index contributed by atoms with van der Waals surface area (Å²) in [6.45, 7) is 4.84. The molecule has 0 radical (unpaired) electrons. The van der Waals surface area contributed by atoms with Crippen molar-refractivity contribution in [2.75, 3.05) is 47.5 Å². The average Bonchev–Trinajstić information content (AvgIpc) is 3.55. The molecule has 0 aliphatic heterocycles. The molecule has 1 N–H and O–H groups in total. The molecule has 0 aromatic carbocycles. The summed E-state index contributed by atoms with van der Waals surface area (Å²) in [5.74, 6) is -1.97. The van der Waals surface area contributed by atoms with E-state index in [1.165, 1.54) is 289 Å². The average molecular weight is 1240 g/mol. The van der Waals surface area contributed by atoms with Gasteiger partial charge in [0.2, 0.25) is 0 Å². The fraction of sp³-hybridized carbons (Fsp3) is 0.861. The Kier molecular flexibility index (Phi) is 67.9. The van der Waals surface area contributed by atoms with E-state index in [9.17, 15) is 19.5 Å². The first kappa shape index (κ1) is 85.2. The molecule has 0 rings (SSSR count). The van der Waals surface area contributed by atoms with Crippen molar-refractivity contribution in [2.45, 2.75) is 392 Å². The second-order valence-corrected chi connectivity index (χ2v) is 27.3. The highest BCUT2D eigenvalue weighted by molar-refractivity contribution is 5.71. The first-order valence-corrected chi connectivity index (χ1v) is 38.3. The Morgan fingerprint density at radius 1 is 0.352 bits per heavy atom. The van der Waals surface area contributed by atoms with E-state index >= 15 is 0 Å². The van der Waals surface area contributed by atoms with Crippen molar-refractivity contribution in [3.63, 3.8) is 0 Å². The van der Waals surface area contributed by atoms with E-state index in [1.807, 2.05) is 21.1 Å². The van der Waals surface area contributed by atoms with Crippen molar-refractivity contribution in [3.8, 4) is 0 Å². The molecule has 0 saturated carbocycles. The third-order valence-electron chi connectivity index (χ3n) is 17.3. The summed E-state index contributed by atoms with van der Waals surface area (Å²) in [6.07, 6.45) is 88.4. The molecule has 0 amide bonds. The summed E-state index contributed by atoms with van der Waals surface area (Å²) in [4.78, 5) is 37.7. The Balaban J connectivity index is 3.93. The number of unbranched alkanes of at least 4 members (excludes halogenated alkanes) is 49. The van der Waals surface area contributed by atoms with Crippen LogP contribution in [0.25, 0.3) is 0 Å². The van der Waals surface area contributed by atoms with Crippen LogP contribution < -0.4 is 0 Å². The van der Waals surface area contributed by atoms with Crippen molar-refractivity contribution in [3.05, 3.63) is 48.6 Å². The highest BCUT2D eigenvalue weighted by Crippen LogP contribution is 2.20. The SMILES string of the molecule is CC/C=C\C/C=C\C/C=C\C/C=C\CCCCCCCCCCCCCCCCCCCCCCCCCCCCCCC(=O)OC(COC(=O)CCCCCCCCCCCCCCCCCCCCCCCC)COC(OCC[N+](C)(C)C)C(=O)O. The molecule has 0 bridgehead atoms. The highest BCUT2D eigenvalue weighted by atomic mass is 16.7. The van der Waals surface area contributed by atoms with E-state index in [4.69, 9.17) is 18.9 Å². The summed E-state index contributed by atoms with van der Waals surface area (Å²) >= 11 is 0. The molecule has 2 atom stereocenters. The van der Waals surface area contributed by atoms with Gasteiger partial charge >= 0.3 is 17.9 Å². The standard InChI is InChI=1S/C79H147NO8/c1-6-8-10-12-14-16-18-20-22-24-26-28-30-31-32-33-34-35-36-37-38-39-40-41-42-43-44-45-46-47-48-50-52-54-56-58-60-62-64-66-68-70-77(82)88-75(74-87-79(78(83)84)85-72-71-80(3,4)5)73-86-76(81)69-67-65-63-61-59-57-55-53-51-49-29-27-25-23-21-19-17-15-13-11-9-7-2/h8,10,14,16,20,22,26,28,75,79H,6-7,9,11-13,15,17-19,21,23-25,27,29-74H2,1-5H3/p+1/b10-8-,16-14-,22-20-,28-26-. The maximum atomic E-state index is 13.0. The van der Waals surface area contributed by atoms with E-state index in [-0.39, 0.29) is 38.2 Å². The maximum Gasteiger partial charge on any atom is 0.361 e. The number of ether oxygens (including phenoxy) is 4. The minimum Gasteiger partial charge on any atom is -0.477 e. The van der Waals surface area contributed by atoms with Crippen LogP contribution in [-0.2, 0) is 33.3 Å². The van der Waals surface area contributed by atoms with Crippen molar-refractivity contribution in [1.82, 2.24) is 0 Å². The number of carbonyl (C=O) groups excluding carboxylic acids is 2. The molecule has 0 aliphatic carbocycles. The normalized spacial score (nSPS) is 12.9. The minimum atomic E-state index is -1.51. The van der Waals surface area contributed by atoms with Crippen molar-refractivity contribution in [2.24, 2.45) is 0 Å². The number of aliphatic carboxylic acids is 1. The van der Waals surface area contributed by atoms with Gasteiger partial charge in [0.05, 0.1) is 34.4 Å². The zero-order valence-electron chi connectivity index (χ0n) is 59.2. The molecule has 0 aliphatic rings. The number of nitrogens with zero attached hydrogens (tertiary/aromatic N) is 1. The topological polar surface area (TPSA) is 108 Å². The zero-order chi connectivity index (χ0) is 64.0. The van der Waals surface area contributed by atoms with Crippen LogP contribution in [0.15, 0.2) is 48.6 Å². The molecule has 0 saturated heterocycles. The number of carboxylic acid groups (broad SMARTS) is 1. The summed E-state index contributed by atoms with van der Waals surface area (Å²) in [5.41, 5.74) is 0. The first-order chi connectivity index (χ1) is 43.1. The van der Waals surface area contributed by atoms with E-state index in [0.29, 0.717) is 17.4 Å². The number of carbonyl (C=O) groups is 3. The molecule has 0 aromatic heterocycles. The second-order valence-electron chi connectivity index (χ2n) is 27.3.